The molecule has 0 aliphatic rings. The van der Waals surface area contributed by atoms with Crippen molar-refractivity contribution < 1.29 is 4.92 Å². The lowest BCUT2D eigenvalue weighted by Gasteiger charge is -2.22. The average molecular weight is 251 g/mol. The fraction of sp³-hybridized carbons (Fsp3) is 0.538. The Morgan fingerprint density at radius 2 is 1.94 bits per heavy atom. The molecule has 1 aromatic rings. The second kappa shape index (κ2) is 6.23. The Bertz CT molecular complexity index is 419. The molecule has 0 aliphatic heterocycles. The zero-order valence-electron chi connectivity index (χ0n) is 11.4. The van der Waals surface area contributed by atoms with Crippen molar-refractivity contribution in [1.82, 2.24) is 0 Å². The van der Waals surface area contributed by atoms with E-state index in [1.807, 2.05) is 6.07 Å². The van der Waals surface area contributed by atoms with E-state index in [1.165, 1.54) is 0 Å². The standard InChI is InChI=1S/C13H21N3O2/c1-5-10(9(2)3)15-12-8-6-7-11(14-4)13(12)16(17)18/h6-10,14-15H,5H2,1-4H3. The third-order valence-electron chi connectivity index (χ3n) is 3.07. The maximum absolute atomic E-state index is 11.2. The molecule has 5 nitrogen and oxygen atoms in total. The second-order valence-corrected chi connectivity index (χ2v) is 4.61. The van der Waals surface area contributed by atoms with Crippen LogP contribution in [0.2, 0.25) is 0 Å². The summed E-state index contributed by atoms with van der Waals surface area (Å²) >= 11 is 0. The molecule has 2 N–H and O–H groups in total. The van der Waals surface area contributed by atoms with Gasteiger partial charge in [-0.1, -0.05) is 26.8 Å². The van der Waals surface area contributed by atoms with Gasteiger partial charge in [-0.15, -0.1) is 0 Å². The molecule has 1 unspecified atom stereocenters. The Kier molecular flexibility index (Phi) is 4.95. The summed E-state index contributed by atoms with van der Waals surface area (Å²) < 4.78 is 0. The van der Waals surface area contributed by atoms with Gasteiger partial charge in [-0.3, -0.25) is 10.1 Å². The molecule has 18 heavy (non-hydrogen) atoms. The fourth-order valence-electron chi connectivity index (χ4n) is 2.00. The number of nitrogens with one attached hydrogen (secondary N) is 2. The van der Waals surface area contributed by atoms with E-state index < -0.39 is 0 Å². The third kappa shape index (κ3) is 3.12. The van der Waals surface area contributed by atoms with E-state index in [4.69, 9.17) is 0 Å². The summed E-state index contributed by atoms with van der Waals surface area (Å²) in [6.45, 7) is 6.29. The second-order valence-electron chi connectivity index (χ2n) is 4.61. The van der Waals surface area contributed by atoms with Crippen LogP contribution in [0.15, 0.2) is 18.2 Å². The molecular formula is C13H21N3O2. The highest BCUT2D eigenvalue weighted by molar-refractivity contribution is 5.76. The third-order valence-corrected chi connectivity index (χ3v) is 3.07. The van der Waals surface area contributed by atoms with Crippen molar-refractivity contribution in [1.29, 1.82) is 0 Å². The normalized spacial score (nSPS) is 12.3. The van der Waals surface area contributed by atoms with E-state index in [2.05, 4.69) is 31.4 Å². The maximum atomic E-state index is 11.2. The lowest BCUT2D eigenvalue weighted by atomic mass is 10.0. The van der Waals surface area contributed by atoms with Gasteiger partial charge in [0.05, 0.1) is 4.92 Å². The quantitative estimate of drug-likeness (QED) is 0.600. The van der Waals surface area contributed by atoms with Crippen LogP contribution in [0.5, 0.6) is 0 Å². The summed E-state index contributed by atoms with van der Waals surface area (Å²) in [5.41, 5.74) is 1.22. The Morgan fingerprint density at radius 3 is 2.39 bits per heavy atom. The van der Waals surface area contributed by atoms with Crippen molar-refractivity contribution in [2.75, 3.05) is 17.7 Å². The minimum Gasteiger partial charge on any atom is -0.382 e. The molecule has 0 heterocycles. The number of rotatable bonds is 6. The summed E-state index contributed by atoms with van der Waals surface area (Å²) in [5.74, 6) is 0.424. The Morgan fingerprint density at radius 1 is 1.33 bits per heavy atom. The predicted octanol–water partition coefficient (Wildman–Crippen LogP) is 3.48. The van der Waals surface area contributed by atoms with E-state index in [-0.39, 0.29) is 16.7 Å². The van der Waals surface area contributed by atoms with Gasteiger partial charge in [0.1, 0.15) is 11.4 Å². The average Bonchev–Trinajstić information content (AvgIpc) is 2.34. The number of nitro benzene ring substituents is 1. The van der Waals surface area contributed by atoms with Crippen molar-refractivity contribution in [3.63, 3.8) is 0 Å². The lowest BCUT2D eigenvalue weighted by molar-refractivity contribution is -0.383. The highest BCUT2D eigenvalue weighted by Gasteiger charge is 2.21. The van der Waals surface area contributed by atoms with Crippen LogP contribution in [-0.2, 0) is 0 Å². The van der Waals surface area contributed by atoms with Crippen LogP contribution in [0.25, 0.3) is 0 Å². The maximum Gasteiger partial charge on any atom is 0.315 e. The van der Waals surface area contributed by atoms with Crippen LogP contribution in [-0.4, -0.2) is 18.0 Å². The van der Waals surface area contributed by atoms with Crippen molar-refractivity contribution in [2.45, 2.75) is 33.2 Å². The number of nitro groups is 1. The van der Waals surface area contributed by atoms with Gasteiger partial charge in [-0.05, 0) is 24.5 Å². The summed E-state index contributed by atoms with van der Waals surface area (Å²) in [6, 6.07) is 5.51. The monoisotopic (exact) mass is 251 g/mol. The van der Waals surface area contributed by atoms with Crippen LogP contribution in [0.3, 0.4) is 0 Å². The molecule has 0 radical (unpaired) electrons. The van der Waals surface area contributed by atoms with E-state index in [0.29, 0.717) is 17.3 Å². The first-order valence-electron chi connectivity index (χ1n) is 6.22. The molecule has 0 aromatic heterocycles. The zero-order valence-corrected chi connectivity index (χ0v) is 11.4. The molecule has 0 bridgehead atoms. The first kappa shape index (κ1) is 14.3. The van der Waals surface area contributed by atoms with Crippen molar-refractivity contribution in [3.8, 4) is 0 Å². The first-order valence-corrected chi connectivity index (χ1v) is 6.22. The van der Waals surface area contributed by atoms with Gasteiger partial charge >= 0.3 is 5.69 Å². The van der Waals surface area contributed by atoms with E-state index in [9.17, 15) is 10.1 Å². The summed E-state index contributed by atoms with van der Waals surface area (Å²) in [7, 11) is 1.69. The van der Waals surface area contributed by atoms with Crippen LogP contribution in [0.4, 0.5) is 17.1 Å². The molecule has 0 aliphatic carbocycles. The van der Waals surface area contributed by atoms with Crippen molar-refractivity contribution >= 4 is 17.1 Å². The summed E-state index contributed by atoms with van der Waals surface area (Å²) in [6.07, 6.45) is 0.929. The fourth-order valence-corrected chi connectivity index (χ4v) is 2.00. The highest BCUT2D eigenvalue weighted by Crippen LogP contribution is 2.33. The molecule has 100 valence electrons. The Hall–Kier alpha value is -1.78. The van der Waals surface area contributed by atoms with E-state index in [0.717, 1.165) is 6.42 Å². The van der Waals surface area contributed by atoms with Crippen LogP contribution in [0.1, 0.15) is 27.2 Å². The molecule has 0 saturated carbocycles. The van der Waals surface area contributed by atoms with E-state index >= 15 is 0 Å². The molecule has 0 fully saturated rings. The van der Waals surface area contributed by atoms with Gasteiger partial charge in [-0.25, -0.2) is 0 Å². The molecule has 5 heteroatoms. The van der Waals surface area contributed by atoms with Gasteiger partial charge in [0.15, 0.2) is 0 Å². The highest BCUT2D eigenvalue weighted by atomic mass is 16.6. The van der Waals surface area contributed by atoms with Gasteiger partial charge in [0.2, 0.25) is 0 Å². The summed E-state index contributed by atoms with van der Waals surface area (Å²) in [4.78, 5) is 10.8. The molecule has 1 rings (SSSR count). The molecule has 1 aromatic carbocycles. The minimum atomic E-state index is -0.346. The largest absolute Gasteiger partial charge is 0.382 e. The van der Waals surface area contributed by atoms with E-state index in [1.54, 1.807) is 19.2 Å². The van der Waals surface area contributed by atoms with Gasteiger partial charge in [0.25, 0.3) is 0 Å². The van der Waals surface area contributed by atoms with Crippen LogP contribution in [0, 0.1) is 16.0 Å². The van der Waals surface area contributed by atoms with Crippen molar-refractivity contribution in [2.24, 2.45) is 5.92 Å². The lowest BCUT2D eigenvalue weighted by Crippen LogP contribution is -2.25. The van der Waals surface area contributed by atoms with Crippen LogP contribution >= 0.6 is 0 Å². The Balaban J connectivity index is 3.12. The smallest absolute Gasteiger partial charge is 0.315 e. The Labute approximate surface area is 108 Å². The number of para-hydroxylation sites is 1. The number of nitrogens with zero attached hydrogens (tertiary/aromatic N) is 1. The number of benzene rings is 1. The van der Waals surface area contributed by atoms with Gasteiger partial charge < -0.3 is 10.6 Å². The molecule has 1 atom stereocenters. The van der Waals surface area contributed by atoms with Crippen LogP contribution < -0.4 is 10.6 Å². The molecule has 0 amide bonds. The molecule has 0 spiro atoms. The topological polar surface area (TPSA) is 67.2 Å². The number of hydrogen-bond donors (Lipinski definition) is 2. The minimum absolute atomic E-state index is 0.110. The summed E-state index contributed by atoms with van der Waals surface area (Å²) in [5, 5.41) is 17.3. The predicted molar refractivity (Wildman–Crippen MR) is 75.2 cm³/mol. The molecular weight excluding hydrogens is 230 g/mol. The SMILES string of the molecule is CCC(Nc1cccc(NC)c1[N+](=O)[O-])C(C)C. The first-order chi connectivity index (χ1) is 8.51. The van der Waals surface area contributed by atoms with Gasteiger partial charge in [0, 0.05) is 13.1 Å². The number of hydrogen-bond acceptors (Lipinski definition) is 4. The number of anilines is 2. The molecule has 0 saturated heterocycles. The zero-order chi connectivity index (χ0) is 13.7. The van der Waals surface area contributed by atoms with Crippen molar-refractivity contribution in [3.05, 3.63) is 28.3 Å². The van der Waals surface area contributed by atoms with Gasteiger partial charge in [-0.2, -0.15) is 0 Å².